The lowest BCUT2D eigenvalue weighted by molar-refractivity contribution is -0.947. The first kappa shape index (κ1) is 18.3. The molecule has 0 saturated heterocycles. The first-order chi connectivity index (χ1) is 13.1. The molecule has 1 atom stereocenters. The molecule has 1 unspecified atom stereocenters. The van der Waals surface area contributed by atoms with Crippen molar-refractivity contribution in [2.75, 3.05) is 5.32 Å². The van der Waals surface area contributed by atoms with Crippen LogP contribution in [0.2, 0.25) is 0 Å². The van der Waals surface area contributed by atoms with Crippen LogP contribution in [0.15, 0.2) is 48.5 Å². The molecule has 1 aliphatic carbocycles. The molecule has 2 N–H and O–H groups in total. The molecule has 4 nitrogen and oxygen atoms in total. The molecule has 1 fully saturated rings. The highest BCUT2D eigenvalue weighted by atomic mass is 32.1. The van der Waals surface area contributed by atoms with E-state index in [1.807, 2.05) is 28.9 Å². The Morgan fingerprint density at radius 1 is 1.26 bits per heavy atom. The lowest BCUT2D eigenvalue weighted by Crippen LogP contribution is -3.11. The third kappa shape index (κ3) is 4.80. The number of aryl methyl sites for hydroxylation is 1. The van der Waals surface area contributed by atoms with Crippen molar-refractivity contribution in [3.63, 3.8) is 0 Å². The Balaban J connectivity index is 1.48. The standard InChI is InChI=1S/C20H21FN4S2/c1-14-3-2-4-17(11-14)22-19-23-25(20(26)27-19)13-24(18-9-10-18)12-15-5-7-16(21)8-6-15/h2-8,11,18H,9-10,12-13H2,1H3,(H,22,23)/p+1. The van der Waals surface area contributed by atoms with Gasteiger partial charge in [-0.2, -0.15) is 4.68 Å². The molecule has 1 aliphatic rings. The predicted molar refractivity (Wildman–Crippen MR) is 109 cm³/mol. The average Bonchev–Trinajstić information content (AvgIpc) is 3.42. The topological polar surface area (TPSA) is 34.3 Å². The number of anilines is 2. The van der Waals surface area contributed by atoms with Crippen LogP contribution < -0.4 is 10.2 Å². The van der Waals surface area contributed by atoms with E-state index in [2.05, 4.69) is 29.5 Å². The van der Waals surface area contributed by atoms with Crippen molar-refractivity contribution in [1.29, 1.82) is 0 Å². The van der Waals surface area contributed by atoms with Crippen LogP contribution in [0.25, 0.3) is 0 Å². The van der Waals surface area contributed by atoms with Crippen LogP contribution in [0.1, 0.15) is 24.0 Å². The molecule has 0 bridgehead atoms. The van der Waals surface area contributed by atoms with E-state index in [0.717, 1.165) is 33.6 Å². The molecule has 0 aliphatic heterocycles. The lowest BCUT2D eigenvalue weighted by atomic mass is 10.2. The van der Waals surface area contributed by atoms with Crippen LogP contribution in [0, 0.1) is 16.7 Å². The Hall–Kier alpha value is -2.09. The number of halogens is 1. The van der Waals surface area contributed by atoms with E-state index in [1.165, 1.54) is 46.8 Å². The highest BCUT2D eigenvalue weighted by molar-refractivity contribution is 7.73. The van der Waals surface area contributed by atoms with Crippen LogP contribution in [0.5, 0.6) is 0 Å². The minimum atomic E-state index is -0.194. The van der Waals surface area contributed by atoms with Gasteiger partial charge in [0.05, 0.1) is 6.04 Å². The number of aromatic nitrogens is 2. The molecule has 0 amide bonds. The van der Waals surface area contributed by atoms with Gasteiger partial charge < -0.3 is 10.2 Å². The molecule has 2 aromatic carbocycles. The molecule has 140 valence electrons. The molecule has 0 radical (unpaired) electrons. The molecule has 0 spiro atoms. The van der Waals surface area contributed by atoms with Gasteiger partial charge in [-0.25, -0.2) is 4.39 Å². The molecule has 3 aromatic rings. The quantitative estimate of drug-likeness (QED) is 0.586. The van der Waals surface area contributed by atoms with Gasteiger partial charge in [-0.05, 0) is 49.0 Å². The monoisotopic (exact) mass is 401 g/mol. The van der Waals surface area contributed by atoms with Gasteiger partial charge in [0.1, 0.15) is 12.4 Å². The minimum absolute atomic E-state index is 0.194. The summed E-state index contributed by atoms with van der Waals surface area (Å²) in [4.78, 5) is 1.42. The summed E-state index contributed by atoms with van der Waals surface area (Å²) in [7, 11) is 0. The second-order valence-corrected chi connectivity index (χ2v) is 8.68. The summed E-state index contributed by atoms with van der Waals surface area (Å²) >= 11 is 7.03. The summed E-state index contributed by atoms with van der Waals surface area (Å²) in [5.74, 6) is -0.194. The Kier molecular flexibility index (Phi) is 5.33. The van der Waals surface area contributed by atoms with Gasteiger partial charge in [0, 0.05) is 24.1 Å². The fourth-order valence-corrected chi connectivity index (χ4v) is 4.21. The van der Waals surface area contributed by atoms with Gasteiger partial charge in [0.2, 0.25) is 5.13 Å². The first-order valence-corrected chi connectivity index (χ1v) is 10.3. The summed E-state index contributed by atoms with van der Waals surface area (Å²) in [6.45, 7) is 3.65. The van der Waals surface area contributed by atoms with Gasteiger partial charge in [0.15, 0.2) is 10.6 Å². The fourth-order valence-electron chi connectivity index (χ4n) is 3.18. The average molecular weight is 402 g/mol. The van der Waals surface area contributed by atoms with E-state index >= 15 is 0 Å². The summed E-state index contributed by atoms with van der Waals surface area (Å²) in [6.07, 6.45) is 2.45. The third-order valence-electron chi connectivity index (χ3n) is 4.73. The Morgan fingerprint density at radius 2 is 2.04 bits per heavy atom. The van der Waals surface area contributed by atoms with Crippen LogP contribution in [-0.4, -0.2) is 15.8 Å². The van der Waals surface area contributed by atoms with Crippen LogP contribution >= 0.6 is 23.6 Å². The second-order valence-electron chi connectivity index (χ2n) is 7.06. The van der Waals surface area contributed by atoms with Crippen molar-refractivity contribution in [2.24, 2.45) is 0 Å². The van der Waals surface area contributed by atoms with Gasteiger partial charge in [0.25, 0.3) is 0 Å². The minimum Gasteiger partial charge on any atom is -0.330 e. The number of hydrogen-bond acceptors (Lipinski definition) is 4. The van der Waals surface area contributed by atoms with Crippen molar-refractivity contribution < 1.29 is 9.29 Å². The molecule has 1 heterocycles. The van der Waals surface area contributed by atoms with Crippen LogP contribution in [0.3, 0.4) is 0 Å². The second kappa shape index (κ2) is 7.88. The summed E-state index contributed by atoms with van der Waals surface area (Å²) in [5, 5.41) is 8.84. The molecule has 1 aromatic heterocycles. The summed E-state index contributed by atoms with van der Waals surface area (Å²) < 4.78 is 15.8. The van der Waals surface area contributed by atoms with E-state index in [-0.39, 0.29) is 5.82 Å². The smallest absolute Gasteiger partial charge is 0.209 e. The van der Waals surface area contributed by atoms with E-state index in [0.29, 0.717) is 6.04 Å². The maximum Gasteiger partial charge on any atom is 0.209 e. The van der Waals surface area contributed by atoms with Crippen molar-refractivity contribution in [2.45, 2.75) is 39.0 Å². The Labute approximate surface area is 167 Å². The zero-order valence-corrected chi connectivity index (χ0v) is 16.7. The number of nitrogens with one attached hydrogen (secondary N) is 2. The third-order valence-corrected chi connectivity index (χ3v) is 5.95. The molecule has 4 rings (SSSR count). The van der Waals surface area contributed by atoms with Crippen molar-refractivity contribution in [1.82, 2.24) is 9.78 Å². The van der Waals surface area contributed by atoms with Crippen LogP contribution in [-0.2, 0) is 13.2 Å². The normalized spacial score (nSPS) is 14.9. The SMILES string of the molecule is Cc1cccc(Nc2nn(C[NH+](Cc3ccc(F)cc3)C3CC3)c(=S)s2)c1. The number of nitrogens with zero attached hydrogens (tertiary/aromatic N) is 2. The number of benzene rings is 2. The van der Waals surface area contributed by atoms with E-state index in [4.69, 9.17) is 12.2 Å². The van der Waals surface area contributed by atoms with Gasteiger partial charge >= 0.3 is 0 Å². The summed E-state index contributed by atoms with van der Waals surface area (Å²) in [5.41, 5.74) is 3.36. The molecule has 7 heteroatoms. The van der Waals surface area contributed by atoms with Crippen LogP contribution in [0.4, 0.5) is 15.2 Å². The highest BCUT2D eigenvalue weighted by Crippen LogP contribution is 2.21. The zero-order chi connectivity index (χ0) is 18.8. The molecule has 1 saturated carbocycles. The van der Waals surface area contributed by atoms with Gasteiger partial charge in [-0.3, -0.25) is 0 Å². The van der Waals surface area contributed by atoms with E-state index in [9.17, 15) is 4.39 Å². The Bertz CT molecular complexity index is 976. The van der Waals surface area contributed by atoms with Crippen molar-refractivity contribution >= 4 is 34.4 Å². The highest BCUT2D eigenvalue weighted by Gasteiger charge is 2.33. The molecular formula is C20H22FN4S2+. The molecule has 27 heavy (non-hydrogen) atoms. The number of rotatable bonds is 7. The first-order valence-electron chi connectivity index (χ1n) is 9.07. The predicted octanol–water partition coefficient (Wildman–Crippen LogP) is 4.07. The largest absolute Gasteiger partial charge is 0.330 e. The van der Waals surface area contributed by atoms with E-state index < -0.39 is 0 Å². The van der Waals surface area contributed by atoms with Gasteiger partial charge in [-0.1, -0.05) is 35.6 Å². The van der Waals surface area contributed by atoms with Gasteiger partial charge in [-0.15, -0.1) is 5.10 Å². The lowest BCUT2D eigenvalue weighted by Gasteiger charge is -2.19. The maximum atomic E-state index is 13.2. The number of quaternary nitrogens is 1. The summed E-state index contributed by atoms with van der Waals surface area (Å²) in [6, 6.07) is 15.6. The van der Waals surface area contributed by atoms with E-state index in [1.54, 1.807) is 0 Å². The zero-order valence-electron chi connectivity index (χ0n) is 15.1. The fraction of sp³-hybridized carbons (Fsp3) is 0.300. The van der Waals surface area contributed by atoms with Crippen molar-refractivity contribution in [3.05, 3.63) is 69.4 Å². The molecular weight excluding hydrogens is 379 g/mol. The van der Waals surface area contributed by atoms with Crippen molar-refractivity contribution in [3.8, 4) is 0 Å². The Morgan fingerprint density at radius 3 is 2.74 bits per heavy atom. The number of hydrogen-bond donors (Lipinski definition) is 2. The maximum absolute atomic E-state index is 13.2.